The second-order valence-corrected chi connectivity index (χ2v) is 6.39. The Bertz CT molecular complexity index is 722. The van der Waals surface area contributed by atoms with Crippen LogP contribution in [0.25, 0.3) is 0 Å². The van der Waals surface area contributed by atoms with Crippen molar-refractivity contribution in [3.8, 4) is 0 Å². The Balaban J connectivity index is 1.73. The Morgan fingerprint density at radius 3 is 2.48 bits per heavy atom. The maximum Gasteiger partial charge on any atom is 0.338 e. The van der Waals surface area contributed by atoms with Gasteiger partial charge < -0.3 is 9.47 Å². The van der Waals surface area contributed by atoms with Crippen molar-refractivity contribution in [3.05, 3.63) is 41.5 Å². The van der Waals surface area contributed by atoms with Gasteiger partial charge in [-0.05, 0) is 44.0 Å². The van der Waals surface area contributed by atoms with E-state index in [4.69, 9.17) is 9.47 Å². The van der Waals surface area contributed by atoms with E-state index in [1.54, 1.807) is 24.3 Å². The number of ether oxygens (including phenoxy) is 2. The topological polar surface area (TPSA) is 72.9 Å². The fourth-order valence-corrected chi connectivity index (χ4v) is 3.34. The van der Waals surface area contributed by atoms with Gasteiger partial charge in [0.25, 0.3) is 0 Å². The van der Waals surface area contributed by atoms with Crippen molar-refractivity contribution in [1.29, 1.82) is 0 Å². The fraction of sp³-hybridized carbons (Fsp3) is 0.421. The summed E-state index contributed by atoms with van der Waals surface area (Å²) in [5.74, 6) is -1.31. The Hall–Kier alpha value is -2.47. The maximum absolute atomic E-state index is 12.7. The van der Waals surface area contributed by atoms with Crippen LogP contribution in [0.1, 0.15) is 30.1 Å². The SMILES string of the molecule is COCCOC(=O)c1ccc(N2C(=O)C3CC=C(C)CC3C2=O)cc1. The number of amides is 2. The lowest BCUT2D eigenvalue weighted by atomic mass is 9.82. The highest BCUT2D eigenvalue weighted by Crippen LogP contribution is 2.39. The first-order chi connectivity index (χ1) is 12.0. The molecule has 1 aromatic rings. The molecule has 1 aliphatic carbocycles. The molecule has 1 fully saturated rings. The molecule has 2 aliphatic rings. The highest BCUT2D eigenvalue weighted by molar-refractivity contribution is 6.22. The Morgan fingerprint density at radius 1 is 1.12 bits per heavy atom. The number of rotatable bonds is 5. The number of hydrogen-bond acceptors (Lipinski definition) is 5. The second-order valence-electron chi connectivity index (χ2n) is 6.39. The summed E-state index contributed by atoms with van der Waals surface area (Å²) in [5, 5.41) is 0. The van der Waals surface area contributed by atoms with Gasteiger partial charge >= 0.3 is 5.97 Å². The zero-order valence-electron chi connectivity index (χ0n) is 14.4. The molecule has 0 bridgehead atoms. The Morgan fingerprint density at radius 2 is 1.80 bits per heavy atom. The molecule has 0 aromatic heterocycles. The lowest BCUT2D eigenvalue weighted by Crippen LogP contribution is -2.30. The molecule has 2 amide bonds. The predicted octanol–water partition coefficient (Wildman–Crippen LogP) is 2.34. The van der Waals surface area contributed by atoms with Gasteiger partial charge in [0, 0.05) is 7.11 Å². The molecular weight excluding hydrogens is 322 g/mol. The van der Waals surface area contributed by atoms with Gasteiger partial charge in [0.15, 0.2) is 0 Å². The average Bonchev–Trinajstić information content (AvgIpc) is 2.85. The van der Waals surface area contributed by atoms with Gasteiger partial charge in [-0.3, -0.25) is 14.5 Å². The number of fused-ring (bicyclic) bond motifs is 1. The molecule has 3 rings (SSSR count). The third kappa shape index (κ3) is 3.35. The third-order valence-electron chi connectivity index (χ3n) is 4.70. The zero-order chi connectivity index (χ0) is 18.0. The summed E-state index contributed by atoms with van der Waals surface area (Å²) in [6.45, 7) is 2.49. The minimum absolute atomic E-state index is 0.155. The normalized spacial score (nSPS) is 22.6. The number of benzene rings is 1. The van der Waals surface area contributed by atoms with Crippen LogP contribution in [-0.4, -0.2) is 38.1 Å². The highest BCUT2D eigenvalue weighted by atomic mass is 16.6. The number of methoxy groups -OCH3 is 1. The van der Waals surface area contributed by atoms with Crippen LogP contribution < -0.4 is 4.90 Å². The number of hydrogen-bond donors (Lipinski definition) is 0. The summed E-state index contributed by atoms with van der Waals surface area (Å²) >= 11 is 0. The van der Waals surface area contributed by atoms with Crippen molar-refractivity contribution in [2.75, 3.05) is 25.2 Å². The number of allylic oxidation sites excluding steroid dienone is 2. The van der Waals surface area contributed by atoms with Gasteiger partial charge in [-0.15, -0.1) is 0 Å². The molecule has 1 saturated heterocycles. The van der Waals surface area contributed by atoms with Crippen LogP contribution in [0.4, 0.5) is 5.69 Å². The summed E-state index contributed by atoms with van der Waals surface area (Å²) in [5.41, 5.74) is 2.02. The van der Waals surface area contributed by atoms with Crippen LogP contribution >= 0.6 is 0 Å². The molecule has 132 valence electrons. The van der Waals surface area contributed by atoms with Gasteiger partial charge in [-0.1, -0.05) is 11.6 Å². The van der Waals surface area contributed by atoms with Crippen molar-refractivity contribution in [2.24, 2.45) is 11.8 Å². The Labute approximate surface area is 146 Å². The molecule has 25 heavy (non-hydrogen) atoms. The first-order valence-corrected chi connectivity index (χ1v) is 8.32. The van der Waals surface area contributed by atoms with E-state index < -0.39 is 5.97 Å². The number of esters is 1. The monoisotopic (exact) mass is 343 g/mol. The van der Waals surface area contributed by atoms with Crippen molar-refractivity contribution in [1.82, 2.24) is 0 Å². The van der Waals surface area contributed by atoms with E-state index in [0.29, 0.717) is 30.7 Å². The smallest absolute Gasteiger partial charge is 0.338 e. The van der Waals surface area contributed by atoms with Crippen molar-refractivity contribution in [2.45, 2.75) is 19.8 Å². The lowest BCUT2D eigenvalue weighted by Gasteiger charge is -2.18. The van der Waals surface area contributed by atoms with E-state index in [0.717, 1.165) is 5.57 Å². The third-order valence-corrected chi connectivity index (χ3v) is 4.70. The van der Waals surface area contributed by atoms with E-state index in [1.165, 1.54) is 12.0 Å². The highest BCUT2D eigenvalue weighted by Gasteiger charge is 2.48. The van der Waals surface area contributed by atoms with E-state index >= 15 is 0 Å². The number of anilines is 1. The van der Waals surface area contributed by atoms with Gasteiger partial charge in [0.2, 0.25) is 11.8 Å². The summed E-state index contributed by atoms with van der Waals surface area (Å²) in [6, 6.07) is 6.35. The number of imide groups is 1. The first-order valence-electron chi connectivity index (χ1n) is 8.32. The van der Waals surface area contributed by atoms with Crippen LogP contribution in [0.5, 0.6) is 0 Å². The summed E-state index contributed by atoms with van der Waals surface area (Å²) in [4.78, 5) is 38.4. The van der Waals surface area contributed by atoms with Crippen molar-refractivity contribution < 1.29 is 23.9 Å². The standard InChI is InChI=1S/C19H21NO5/c1-12-3-8-15-16(11-12)18(22)20(17(15)21)14-6-4-13(5-7-14)19(23)25-10-9-24-2/h3-7,15-16H,8-11H2,1-2H3. The summed E-state index contributed by atoms with van der Waals surface area (Å²) < 4.78 is 9.88. The second kappa shape index (κ2) is 7.19. The van der Waals surface area contributed by atoms with E-state index in [9.17, 15) is 14.4 Å². The van der Waals surface area contributed by atoms with Gasteiger partial charge in [0.05, 0.1) is 29.7 Å². The molecule has 2 atom stereocenters. The Kier molecular flexibility index (Phi) is 4.99. The molecule has 0 radical (unpaired) electrons. The quantitative estimate of drug-likeness (QED) is 0.355. The molecule has 1 heterocycles. The van der Waals surface area contributed by atoms with Crippen LogP contribution in [0.2, 0.25) is 0 Å². The molecule has 0 saturated carbocycles. The van der Waals surface area contributed by atoms with Crippen LogP contribution in [-0.2, 0) is 19.1 Å². The molecule has 2 unspecified atom stereocenters. The van der Waals surface area contributed by atoms with Gasteiger partial charge in [-0.25, -0.2) is 4.79 Å². The molecule has 6 heteroatoms. The van der Waals surface area contributed by atoms with Gasteiger partial charge in [0.1, 0.15) is 6.61 Å². The zero-order valence-corrected chi connectivity index (χ0v) is 14.4. The maximum atomic E-state index is 12.7. The largest absolute Gasteiger partial charge is 0.460 e. The van der Waals surface area contributed by atoms with E-state index in [2.05, 4.69) is 0 Å². The summed E-state index contributed by atoms with van der Waals surface area (Å²) in [7, 11) is 1.53. The molecule has 1 aliphatic heterocycles. The summed E-state index contributed by atoms with van der Waals surface area (Å²) in [6.07, 6.45) is 3.28. The van der Waals surface area contributed by atoms with Crippen molar-refractivity contribution >= 4 is 23.5 Å². The van der Waals surface area contributed by atoms with E-state index in [1.807, 2.05) is 13.0 Å². The van der Waals surface area contributed by atoms with E-state index in [-0.39, 0.29) is 30.3 Å². The first kappa shape index (κ1) is 17.4. The van der Waals surface area contributed by atoms with Crippen molar-refractivity contribution in [3.63, 3.8) is 0 Å². The number of carbonyl (C=O) groups excluding carboxylic acids is 3. The molecular formula is C19H21NO5. The molecule has 6 nitrogen and oxygen atoms in total. The molecule has 1 aromatic carbocycles. The molecule has 0 spiro atoms. The fourth-order valence-electron chi connectivity index (χ4n) is 3.34. The van der Waals surface area contributed by atoms with Crippen LogP contribution in [0.3, 0.4) is 0 Å². The minimum atomic E-state index is -0.462. The van der Waals surface area contributed by atoms with Crippen LogP contribution in [0.15, 0.2) is 35.9 Å². The average molecular weight is 343 g/mol. The minimum Gasteiger partial charge on any atom is -0.460 e. The van der Waals surface area contributed by atoms with Gasteiger partial charge in [-0.2, -0.15) is 0 Å². The number of nitrogens with zero attached hydrogens (tertiary/aromatic N) is 1. The molecule has 0 N–H and O–H groups in total. The number of carbonyl (C=O) groups is 3. The predicted molar refractivity (Wildman–Crippen MR) is 91.1 cm³/mol. The van der Waals surface area contributed by atoms with Crippen LogP contribution in [0, 0.1) is 11.8 Å². The lowest BCUT2D eigenvalue weighted by molar-refractivity contribution is -0.122.